The topological polar surface area (TPSA) is 12.0 Å². The van der Waals surface area contributed by atoms with Crippen LogP contribution in [-0.2, 0) is 0 Å². The molecule has 1 aromatic rings. The van der Waals surface area contributed by atoms with Crippen molar-refractivity contribution in [1.82, 2.24) is 5.32 Å². The van der Waals surface area contributed by atoms with E-state index in [4.69, 9.17) is 0 Å². The van der Waals surface area contributed by atoms with Gasteiger partial charge in [0.25, 0.3) is 0 Å². The minimum absolute atomic E-state index is 0.732. The summed E-state index contributed by atoms with van der Waals surface area (Å²) in [6.07, 6.45) is 0. The molecule has 0 aromatic heterocycles. The maximum Gasteiger partial charge on any atom is 0.0577 e. The van der Waals surface area contributed by atoms with Crippen LogP contribution < -0.4 is 5.32 Å². The minimum Gasteiger partial charge on any atom is -0.309 e. The standard InChI is InChI=1S/C11H12BrN/c1-9-8-11(12)6-5-10(9)4-3-7-13-2/h5-6,8,13H,7H2,1-2H3. The van der Waals surface area contributed by atoms with Crippen LogP contribution in [0.15, 0.2) is 22.7 Å². The summed E-state index contributed by atoms with van der Waals surface area (Å²) >= 11 is 3.42. The average Bonchev–Trinajstić information content (AvgIpc) is 2.09. The van der Waals surface area contributed by atoms with Crippen molar-refractivity contribution in [3.63, 3.8) is 0 Å². The van der Waals surface area contributed by atoms with E-state index in [0.717, 1.165) is 16.6 Å². The van der Waals surface area contributed by atoms with Crippen LogP contribution in [0.4, 0.5) is 0 Å². The number of nitrogens with one attached hydrogen (secondary N) is 1. The highest BCUT2D eigenvalue weighted by atomic mass is 79.9. The summed E-state index contributed by atoms with van der Waals surface area (Å²) in [4.78, 5) is 0. The molecule has 0 unspecified atom stereocenters. The van der Waals surface area contributed by atoms with Crippen LogP contribution in [-0.4, -0.2) is 13.6 Å². The van der Waals surface area contributed by atoms with Crippen LogP contribution in [0.5, 0.6) is 0 Å². The lowest BCUT2D eigenvalue weighted by Gasteiger charge is -1.97. The number of benzene rings is 1. The van der Waals surface area contributed by atoms with Crippen LogP contribution in [0, 0.1) is 18.8 Å². The van der Waals surface area contributed by atoms with E-state index < -0.39 is 0 Å². The van der Waals surface area contributed by atoms with Crippen molar-refractivity contribution in [1.29, 1.82) is 0 Å². The smallest absolute Gasteiger partial charge is 0.0577 e. The minimum atomic E-state index is 0.732. The van der Waals surface area contributed by atoms with Crippen molar-refractivity contribution >= 4 is 15.9 Å². The van der Waals surface area contributed by atoms with Gasteiger partial charge in [0, 0.05) is 10.0 Å². The highest BCUT2D eigenvalue weighted by Crippen LogP contribution is 2.14. The molecule has 2 heteroatoms. The fourth-order valence-electron chi connectivity index (χ4n) is 0.995. The van der Waals surface area contributed by atoms with Crippen LogP contribution in [0.1, 0.15) is 11.1 Å². The van der Waals surface area contributed by atoms with Gasteiger partial charge >= 0.3 is 0 Å². The molecule has 0 atom stereocenters. The van der Waals surface area contributed by atoms with Gasteiger partial charge in [-0.05, 0) is 37.7 Å². The molecular weight excluding hydrogens is 226 g/mol. The third-order valence-electron chi connectivity index (χ3n) is 1.68. The lowest BCUT2D eigenvalue weighted by Crippen LogP contribution is -2.04. The van der Waals surface area contributed by atoms with Gasteiger partial charge in [0.2, 0.25) is 0 Å². The first-order chi connectivity index (χ1) is 6.24. The molecule has 0 saturated heterocycles. The first-order valence-electron chi connectivity index (χ1n) is 4.13. The highest BCUT2D eigenvalue weighted by Gasteiger charge is 1.93. The van der Waals surface area contributed by atoms with E-state index in [1.54, 1.807) is 0 Å². The Morgan fingerprint density at radius 2 is 2.23 bits per heavy atom. The number of hydrogen-bond donors (Lipinski definition) is 1. The molecule has 0 fully saturated rings. The molecule has 1 aromatic carbocycles. The van der Waals surface area contributed by atoms with Crippen molar-refractivity contribution in [2.24, 2.45) is 0 Å². The Morgan fingerprint density at radius 3 is 2.85 bits per heavy atom. The summed E-state index contributed by atoms with van der Waals surface area (Å²) in [7, 11) is 1.89. The van der Waals surface area contributed by atoms with Gasteiger partial charge in [-0.3, -0.25) is 0 Å². The third-order valence-corrected chi connectivity index (χ3v) is 2.17. The van der Waals surface area contributed by atoms with Crippen LogP contribution in [0.3, 0.4) is 0 Å². The molecule has 13 heavy (non-hydrogen) atoms. The molecule has 0 saturated carbocycles. The molecular formula is C11H12BrN. The summed E-state index contributed by atoms with van der Waals surface area (Å²) in [5, 5.41) is 2.99. The van der Waals surface area contributed by atoms with Gasteiger partial charge < -0.3 is 5.32 Å². The van der Waals surface area contributed by atoms with Crippen LogP contribution in [0.25, 0.3) is 0 Å². The summed E-state index contributed by atoms with van der Waals surface area (Å²) in [6.45, 7) is 2.80. The van der Waals surface area contributed by atoms with Gasteiger partial charge in [0.05, 0.1) is 6.54 Å². The fourth-order valence-corrected chi connectivity index (χ4v) is 1.47. The van der Waals surface area contributed by atoms with Crippen LogP contribution >= 0.6 is 15.9 Å². The van der Waals surface area contributed by atoms with Crippen molar-refractivity contribution in [2.75, 3.05) is 13.6 Å². The van der Waals surface area contributed by atoms with Gasteiger partial charge in [-0.15, -0.1) is 0 Å². The lowest BCUT2D eigenvalue weighted by molar-refractivity contribution is 0.938. The Balaban J connectivity index is 2.85. The zero-order valence-electron chi connectivity index (χ0n) is 7.82. The fraction of sp³-hybridized carbons (Fsp3) is 0.273. The summed E-state index contributed by atoms with van der Waals surface area (Å²) < 4.78 is 1.10. The normalized spacial score (nSPS) is 9.15. The molecule has 0 heterocycles. The van der Waals surface area contributed by atoms with Crippen molar-refractivity contribution < 1.29 is 0 Å². The first-order valence-corrected chi connectivity index (χ1v) is 4.93. The van der Waals surface area contributed by atoms with Gasteiger partial charge in [-0.1, -0.05) is 27.8 Å². The van der Waals surface area contributed by atoms with Gasteiger partial charge in [-0.2, -0.15) is 0 Å². The summed E-state index contributed by atoms with van der Waals surface area (Å²) in [5.74, 6) is 6.14. The number of aryl methyl sites for hydroxylation is 1. The maximum absolute atomic E-state index is 3.42. The molecule has 0 radical (unpaired) electrons. The van der Waals surface area contributed by atoms with E-state index in [9.17, 15) is 0 Å². The monoisotopic (exact) mass is 237 g/mol. The Labute approximate surface area is 87.7 Å². The van der Waals surface area contributed by atoms with E-state index in [0.29, 0.717) is 0 Å². The number of rotatable bonds is 1. The second-order valence-electron chi connectivity index (χ2n) is 2.79. The lowest BCUT2D eigenvalue weighted by atomic mass is 10.1. The van der Waals surface area contributed by atoms with E-state index in [1.807, 2.05) is 19.2 Å². The van der Waals surface area contributed by atoms with Crippen LogP contribution in [0.2, 0.25) is 0 Å². The van der Waals surface area contributed by atoms with E-state index >= 15 is 0 Å². The predicted octanol–water partition coefficient (Wildman–Crippen LogP) is 2.33. The van der Waals surface area contributed by atoms with E-state index in [1.165, 1.54) is 5.56 Å². The predicted molar refractivity (Wildman–Crippen MR) is 59.7 cm³/mol. The molecule has 68 valence electrons. The average molecular weight is 238 g/mol. The third kappa shape index (κ3) is 3.22. The molecule has 0 aliphatic heterocycles. The Kier molecular flexibility index (Phi) is 4.01. The highest BCUT2D eigenvalue weighted by molar-refractivity contribution is 9.10. The Morgan fingerprint density at radius 1 is 1.46 bits per heavy atom. The van der Waals surface area contributed by atoms with E-state index in [2.05, 4.69) is 46.1 Å². The Bertz CT molecular complexity index is 347. The second-order valence-corrected chi connectivity index (χ2v) is 3.71. The summed E-state index contributed by atoms with van der Waals surface area (Å²) in [6, 6.07) is 6.11. The van der Waals surface area contributed by atoms with Crippen molar-refractivity contribution in [3.05, 3.63) is 33.8 Å². The van der Waals surface area contributed by atoms with Crippen molar-refractivity contribution in [3.8, 4) is 11.8 Å². The van der Waals surface area contributed by atoms with Crippen molar-refractivity contribution in [2.45, 2.75) is 6.92 Å². The molecule has 1 nitrogen and oxygen atoms in total. The quantitative estimate of drug-likeness (QED) is 0.740. The number of hydrogen-bond acceptors (Lipinski definition) is 1. The zero-order valence-corrected chi connectivity index (χ0v) is 9.40. The molecule has 1 rings (SSSR count). The van der Waals surface area contributed by atoms with E-state index in [-0.39, 0.29) is 0 Å². The Hall–Kier alpha value is -0.780. The van der Waals surface area contributed by atoms with Gasteiger partial charge in [0.15, 0.2) is 0 Å². The molecule has 1 N–H and O–H groups in total. The van der Waals surface area contributed by atoms with Gasteiger partial charge in [-0.25, -0.2) is 0 Å². The zero-order chi connectivity index (χ0) is 9.68. The summed E-state index contributed by atoms with van der Waals surface area (Å²) in [5.41, 5.74) is 2.30. The number of halogens is 1. The molecule has 0 aliphatic rings. The SMILES string of the molecule is CNCC#Cc1ccc(Br)cc1C. The van der Waals surface area contributed by atoms with Gasteiger partial charge in [0.1, 0.15) is 0 Å². The molecule has 0 amide bonds. The first kappa shape index (κ1) is 10.3. The second kappa shape index (κ2) is 5.06. The molecule has 0 aliphatic carbocycles. The largest absolute Gasteiger partial charge is 0.309 e. The maximum atomic E-state index is 3.42. The molecule has 0 spiro atoms. The molecule has 0 bridgehead atoms.